The van der Waals surface area contributed by atoms with Crippen LogP contribution in [-0.2, 0) is 16.0 Å². The van der Waals surface area contributed by atoms with Gasteiger partial charge >= 0.3 is 0 Å². The van der Waals surface area contributed by atoms with E-state index in [2.05, 4.69) is 47.9 Å². The number of ether oxygens (including phenoxy) is 1. The zero-order valence-electron chi connectivity index (χ0n) is 16.9. The van der Waals surface area contributed by atoms with E-state index in [1.807, 2.05) is 23.5 Å². The van der Waals surface area contributed by atoms with Crippen LogP contribution in [0.2, 0.25) is 0 Å². The van der Waals surface area contributed by atoms with Crippen molar-refractivity contribution in [2.45, 2.75) is 26.7 Å². The molecule has 3 aliphatic heterocycles. The average molecular weight is 380 g/mol. The van der Waals surface area contributed by atoms with E-state index in [9.17, 15) is 0 Å². The number of nitrogens with zero attached hydrogens (tertiary/aromatic N) is 4. The van der Waals surface area contributed by atoms with E-state index in [0.717, 1.165) is 48.9 Å². The lowest BCUT2D eigenvalue weighted by Crippen LogP contribution is -2.42. The number of aliphatic imine (C=N–C) groups is 1. The van der Waals surface area contributed by atoms with Crippen molar-refractivity contribution in [2.24, 2.45) is 4.99 Å². The van der Waals surface area contributed by atoms with Crippen LogP contribution in [0.5, 0.6) is 0 Å². The molecule has 6 nitrogen and oxygen atoms in total. The van der Waals surface area contributed by atoms with E-state index >= 15 is 0 Å². The highest BCUT2D eigenvalue weighted by Gasteiger charge is 2.36. The first-order valence-electron chi connectivity index (χ1n) is 9.91. The summed E-state index contributed by atoms with van der Waals surface area (Å²) in [6, 6.07) is 10.5. The van der Waals surface area contributed by atoms with Crippen LogP contribution in [0.4, 0.5) is 0 Å². The maximum absolute atomic E-state index is 6.29. The lowest BCUT2D eigenvalue weighted by atomic mass is 10.1. The molecule has 0 radical (unpaired) electrons. The summed E-state index contributed by atoms with van der Waals surface area (Å²) in [6.45, 7) is 7.51. The Bertz CT molecular complexity index is 841. The monoisotopic (exact) mass is 380 g/mol. The molecule has 3 aliphatic rings. The van der Waals surface area contributed by atoms with Crippen molar-refractivity contribution >= 4 is 6.21 Å². The summed E-state index contributed by atoms with van der Waals surface area (Å²) in [6.07, 6.45) is 5.85. The predicted molar refractivity (Wildman–Crippen MR) is 110 cm³/mol. The van der Waals surface area contributed by atoms with Crippen LogP contribution in [0, 0.1) is 0 Å². The molecule has 0 atom stereocenters. The van der Waals surface area contributed by atoms with E-state index in [-0.39, 0.29) is 0 Å². The zero-order chi connectivity index (χ0) is 19.5. The van der Waals surface area contributed by atoms with Gasteiger partial charge in [-0.05, 0) is 24.5 Å². The molecule has 0 amide bonds. The maximum atomic E-state index is 6.29. The van der Waals surface area contributed by atoms with Gasteiger partial charge in [0.25, 0.3) is 0 Å². The number of hydrogen-bond acceptors (Lipinski definition) is 6. The first-order chi connectivity index (χ1) is 13.7. The Morgan fingerprint density at radius 1 is 1.18 bits per heavy atom. The summed E-state index contributed by atoms with van der Waals surface area (Å²) in [5.74, 6) is 2.04. The van der Waals surface area contributed by atoms with E-state index in [4.69, 9.17) is 14.6 Å². The van der Waals surface area contributed by atoms with Crippen molar-refractivity contribution in [2.75, 3.05) is 33.5 Å². The maximum Gasteiger partial charge on any atom is 0.149 e. The number of benzene rings is 1. The first-order valence-corrected chi connectivity index (χ1v) is 9.91. The van der Waals surface area contributed by atoms with E-state index in [0.29, 0.717) is 13.3 Å². The molecule has 1 aromatic carbocycles. The third kappa shape index (κ3) is 3.52. The Hall–Kier alpha value is -2.73. The van der Waals surface area contributed by atoms with Gasteiger partial charge in [0.05, 0.1) is 31.8 Å². The standard InChI is InChI=1S/C22H28N4O2/c1-4-11-24-14-17(2)21(28-12-10-18-8-6-5-7-9-18)20-22(24)26-16-25(27-3)15-19(26)13-23-20/h5-9,13,15H,4,10-12,14,16H2,1-3H3. The van der Waals surface area contributed by atoms with E-state index < -0.39 is 0 Å². The highest BCUT2D eigenvalue weighted by molar-refractivity contribution is 5.82. The van der Waals surface area contributed by atoms with Gasteiger partial charge in [-0.3, -0.25) is 4.84 Å². The largest absolute Gasteiger partial charge is 0.491 e. The fraction of sp³-hybridized carbons (Fsp3) is 0.409. The summed E-state index contributed by atoms with van der Waals surface area (Å²) in [4.78, 5) is 14.9. The Labute approximate surface area is 167 Å². The summed E-state index contributed by atoms with van der Waals surface area (Å²) in [7, 11) is 1.69. The number of allylic oxidation sites excluding steroid dienone is 1. The van der Waals surface area contributed by atoms with Crippen LogP contribution in [0.3, 0.4) is 0 Å². The van der Waals surface area contributed by atoms with Gasteiger partial charge in [0.15, 0.2) is 0 Å². The second-order valence-electron chi connectivity index (χ2n) is 7.27. The van der Waals surface area contributed by atoms with Crippen LogP contribution >= 0.6 is 0 Å². The van der Waals surface area contributed by atoms with E-state index in [1.54, 1.807) is 7.11 Å². The molecule has 6 heteroatoms. The lowest BCUT2D eigenvalue weighted by molar-refractivity contribution is -0.0972. The van der Waals surface area contributed by atoms with Crippen LogP contribution in [0.15, 0.2) is 70.1 Å². The Morgan fingerprint density at radius 3 is 2.75 bits per heavy atom. The van der Waals surface area contributed by atoms with Crippen LogP contribution in [0.1, 0.15) is 25.8 Å². The molecule has 28 heavy (non-hydrogen) atoms. The van der Waals surface area contributed by atoms with Crippen molar-refractivity contribution in [3.05, 3.63) is 70.6 Å². The molecule has 1 aromatic rings. The normalized spacial score (nSPS) is 18.5. The second-order valence-corrected chi connectivity index (χ2v) is 7.27. The summed E-state index contributed by atoms with van der Waals surface area (Å²) in [5, 5.41) is 1.82. The van der Waals surface area contributed by atoms with Crippen LogP contribution < -0.4 is 0 Å². The van der Waals surface area contributed by atoms with Crippen LogP contribution in [0.25, 0.3) is 0 Å². The molecule has 4 rings (SSSR count). The molecule has 0 fully saturated rings. The number of fused-ring (bicyclic) bond motifs is 2. The third-order valence-electron chi connectivity index (χ3n) is 5.20. The van der Waals surface area contributed by atoms with Gasteiger partial charge < -0.3 is 14.5 Å². The van der Waals surface area contributed by atoms with Crippen molar-refractivity contribution in [3.8, 4) is 0 Å². The fourth-order valence-corrected chi connectivity index (χ4v) is 3.88. The van der Waals surface area contributed by atoms with Gasteiger partial charge in [-0.15, -0.1) is 0 Å². The molecule has 0 spiro atoms. The summed E-state index contributed by atoms with van der Waals surface area (Å²) in [5.41, 5.74) is 4.49. The SMILES string of the molecule is CCCN1CC(C)=C(OCCc2ccccc2)C2=C1N1CN(OC)C=C1C=N2. The number of rotatable bonds is 7. The minimum atomic E-state index is 0.643. The molecule has 3 heterocycles. The van der Waals surface area contributed by atoms with Gasteiger partial charge in [-0.25, -0.2) is 10.1 Å². The van der Waals surface area contributed by atoms with Gasteiger partial charge in [0, 0.05) is 19.5 Å². The molecule has 0 aliphatic carbocycles. The van der Waals surface area contributed by atoms with Gasteiger partial charge in [0.2, 0.25) is 0 Å². The Morgan fingerprint density at radius 2 is 2.00 bits per heavy atom. The molecule has 148 valence electrons. The first kappa shape index (κ1) is 18.6. The minimum absolute atomic E-state index is 0.643. The molecule has 0 aromatic heterocycles. The molecule has 0 bridgehead atoms. The van der Waals surface area contributed by atoms with Gasteiger partial charge in [0.1, 0.15) is 23.9 Å². The second kappa shape index (κ2) is 8.10. The smallest absolute Gasteiger partial charge is 0.149 e. The predicted octanol–water partition coefficient (Wildman–Crippen LogP) is 3.48. The summed E-state index contributed by atoms with van der Waals surface area (Å²) < 4.78 is 6.29. The quantitative estimate of drug-likeness (QED) is 0.724. The van der Waals surface area contributed by atoms with E-state index in [1.165, 1.54) is 11.1 Å². The van der Waals surface area contributed by atoms with Gasteiger partial charge in [-0.1, -0.05) is 37.3 Å². The van der Waals surface area contributed by atoms with Gasteiger partial charge in [-0.2, -0.15) is 0 Å². The Kier molecular flexibility index (Phi) is 5.39. The minimum Gasteiger partial charge on any atom is -0.491 e. The van der Waals surface area contributed by atoms with Crippen molar-refractivity contribution < 1.29 is 9.57 Å². The highest BCUT2D eigenvalue weighted by Crippen LogP contribution is 2.37. The number of hydrogen-bond donors (Lipinski definition) is 0. The molecule has 0 unspecified atom stereocenters. The van der Waals surface area contributed by atoms with Crippen LogP contribution in [-0.4, -0.2) is 54.6 Å². The van der Waals surface area contributed by atoms with Crippen molar-refractivity contribution in [1.82, 2.24) is 14.9 Å². The van der Waals surface area contributed by atoms with Crippen molar-refractivity contribution in [1.29, 1.82) is 0 Å². The van der Waals surface area contributed by atoms with Crippen molar-refractivity contribution in [3.63, 3.8) is 0 Å². The molecule has 0 saturated carbocycles. The highest BCUT2D eigenvalue weighted by atomic mass is 16.7. The molecule has 0 N–H and O–H groups in total. The zero-order valence-corrected chi connectivity index (χ0v) is 16.9. The molecular formula is C22H28N4O2. The topological polar surface area (TPSA) is 40.5 Å². The molecule has 0 saturated heterocycles. The Balaban J connectivity index is 1.58. The molecular weight excluding hydrogens is 352 g/mol. The summed E-state index contributed by atoms with van der Waals surface area (Å²) >= 11 is 0. The average Bonchev–Trinajstić information content (AvgIpc) is 3.14. The third-order valence-corrected chi connectivity index (χ3v) is 5.20. The lowest BCUT2D eigenvalue weighted by Gasteiger charge is -2.40. The number of hydroxylamine groups is 2. The fourth-order valence-electron chi connectivity index (χ4n) is 3.88.